The fourth-order valence-corrected chi connectivity index (χ4v) is 2.51. The summed E-state index contributed by atoms with van der Waals surface area (Å²) in [6, 6.07) is 4.69. The van der Waals surface area contributed by atoms with Gasteiger partial charge in [0, 0.05) is 32.0 Å². The predicted octanol–water partition coefficient (Wildman–Crippen LogP) is 2.04. The molecule has 0 bridgehead atoms. The number of nitrogens with two attached hydrogens (primary N) is 1. The van der Waals surface area contributed by atoms with Gasteiger partial charge in [0.25, 0.3) is 5.69 Å². The standard InChI is InChI=1S/C13H19N3O3/c1-9-5-6-15(8-13(9)19-2)12-7-10(14)3-4-11(12)16(17)18/h3-4,7,9,13H,5-6,8,14H2,1-2H3/t9-,13+/m0/s1. The molecule has 6 heteroatoms. The molecule has 1 aliphatic rings. The second kappa shape index (κ2) is 5.44. The van der Waals surface area contributed by atoms with Crippen LogP contribution in [0.4, 0.5) is 17.1 Å². The van der Waals surface area contributed by atoms with Crippen LogP contribution in [0.25, 0.3) is 0 Å². The summed E-state index contributed by atoms with van der Waals surface area (Å²) >= 11 is 0. The van der Waals surface area contributed by atoms with Crippen molar-refractivity contribution in [1.29, 1.82) is 0 Å². The Morgan fingerprint density at radius 3 is 2.89 bits per heavy atom. The summed E-state index contributed by atoms with van der Waals surface area (Å²) in [5.41, 5.74) is 6.96. The first-order valence-electron chi connectivity index (χ1n) is 6.34. The van der Waals surface area contributed by atoms with Crippen molar-refractivity contribution in [1.82, 2.24) is 0 Å². The second-order valence-electron chi connectivity index (χ2n) is 4.99. The lowest BCUT2D eigenvalue weighted by atomic mass is 9.95. The molecule has 1 saturated heterocycles. The molecule has 0 aliphatic carbocycles. The van der Waals surface area contributed by atoms with Crippen molar-refractivity contribution in [3.63, 3.8) is 0 Å². The molecule has 0 spiro atoms. The Labute approximate surface area is 112 Å². The first kappa shape index (κ1) is 13.6. The predicted molar refractivity (Wildman–Crippen MR) is 74.3 cm³/mol. The van der Waals surface area contributed by atoms with Crippen LogP contribution >= 0.6 is 0 Å². The van der Waals surface area contributed by atoms with Gasteiger partial charge in [-0.1, -0.05) is 6.92 Å². The highest BCUT2D eigenvalue weighted by Gasteiger charge is 2.29. The van der Waals surface area contributed by atoms with Crippen molar-refractivity contribution in [3.05, 3.63) is 28.3 Å². The third-order valence-corrected chi connectivity index (χ3v) is 3.73. The lowest BCUT2D eigenvalue weighted by molar-refractivity contribution is -0.384. The number of nitro groups is 1. The van der Waals surface area contributed by atoms with Crippen molar-refractivity contribution >= 4 is 17.1 Å². The number of nitro benzene ring substituents is 1. The maximum Gasteiger partial charge on any atom is 0.292 e. The zero-order valence-electron chi connectivity index (χ0n) is 11.2. The van der Waals surface area contributed by atoms with Gasteiger partial charge in [-0.2, -0.15) is 0 Å². The smallest absolute Gasteiger partial charge is 0.292 e. The van der Waals surface area contributed by atoms with E-state index < -0.39 is 0 Å². The summed E-state index contributed by atoms with van der Waals surface area (Å²) < 4.78 is 5.44. The zero-order valence-corrected chi connectivity index (χ0v) is 11.2. The molecule has 2 rings (SSSR count). The molecule has 6 nitrogen and oxygen atoms in total. The quantitative estimate of drug-likeness (QED) is 0.514. The number of rotatable bonds is 3. The summed E-state index contributed by atoms with van der Waals surface area (Å²) in [5.74, 6) is 0.460. The Bertz CT molecular complexity index is 478. The number of nitrogen functional groups attached to an aromatic ring is 1. The average molecular weight is 265 g/mol. The van der Waals surface area contributed by atoms with Crippen LogP contribution < -0.4 is 10.6 Å². The fourth-order valence-electron chi connectivity index (χ4n) is 2.51. The molecule has 0 aromatic heterocycles. The summed E-state index contributed by atoms with van der Waals surface area (Å²) in [6.07, 6.45) is 1.04. The number of hydrogen-bond acceptors (Lipinski definition) is 5. The number of ether oxygens (including phenoxy) is 1. The highest BCUT2D eigenvalue weighted by molar-refractivity contribution is 5.69. The molecule has 0 amide bonds. The summed E-state index contributed by atoms with van der Waals surface area (Å²) in [5, 5.41) is 11.1. The number of hydrogen-bond donors (Lipinski definition) is 1. The number of benzene rings is 1. The Morgan fingerprint density at radius 2 is 2.26 bits per heavy atom. The normalized spacial score (nSPS) is 23.4. The number of piperidine rings is 1. The van der Waals surface area contributed by atoms with Crippen molar-refractivity contribution in [3.8, 4) is 0 Å². The summed E-state index contributed by atoms with van der Waals surface area (Å²) in [6.45, 7) is 3.58. The van der Waals surface area contributed by atoms with E-state index in [4.69, 9.17) is 10.5 Å². The lowest BCUT2D eigenvalue weighted by Crippen LogP contribution is -2.44. The highest BCUT2D eigenvalue weighted by atomic mass is 16.6. The van der Waals surface area contributed by atoms with Crippen LogP contribution in [0.2, 0.25) is 0 Å². The molecule has 2 atom stereocenters. The van der Waals surface area contributed by atoms with Crippen LogP contribution in [-0.2, 0) is 4.74 Å². The van der Waals surface area contributed by atoms with Crippen LogP contribution in [0, 0.1) is 16.0 Å². The largest absolute Gasteiger partial charge is 0.399 e. The molecular weight excluding hydrogens is 246 g/mol. The van der Waals surface area contributed by atoms with E-state index in [1.807, 2.05) is 4.90 Å². The fraction of sp³-hybridized carbons (Fsp3) is 0.538. The molecule has 1 aromatic rings. The Morgan fingerprint density at radius 1 is 1.53 bits per heavy atom. The van der Waals surface area contributed by atoms with Crippen LogP contribution in [-0.4, -0.2) is 31.2 Å². The minimum Gasteiger partial charge on any atom is -0.399 e. The maximum atomic E-state index is 11.1. The Hall–Kier alpha value is -1.82. The lowest BCUT2D eigenvalue weighted by Gasteiger charge is -2.37. The molecule has 19 heavy (non-hydrogen) atoms. The Kier molecular flexibility index (Phi) is 3.90. The van der Waals surface area contributed by atoms with Gasteiger partial charge in [-0.05, 0) is 24.5 Å². The van der Waals surface area contributed by atoms with Crippen molar-refractivity contribution < 1.29 is 9.66 Å². The highest BCUT2D eigenvalue weighted by Crippen LogP contribution is 2.33. The van der Waals surface area contributed by atoms with Crippen LogP contribution in [0.1, 0.15) is 13.3 Å². The van der Waals surface area contributed by atoms with Gasteiger partial charge in [0.05, 0.1) is 11.0 Å². The van der Waals surface area contributed by atoms with E-state index in [1.165, 1.54) is 6.07 Å². The van der Waals surface area contributed by atoms with Gasteiger partial charge in [0.15, 0.2) is 0 Å². The van der Waals surface area contributed by atoms with E-state index >= 15 is 0 Å². The maximum absolute atomic E-state index is 11.1. The van der Waals surface area contributed by atoms with Gasteiger partial charge in [0.1, 0.15) is 5.69 Å². The van der Waals surface area contributed by atoms with Crippen LogP contribution in [0.15, 0.2) is 18.2 Å². The average Bonchev–Trinajstić information content (AvgIpc) is 2.38. The molecule has 0 saturated carbocycles. The molecule has 1 aliphatic heterocycles. The third-order valence-electron chi connectivity index (χ3n) is 3.73. The molecule has 1 fully saturated rings. The van der Waals surface area contributed by atoms with E-state index in [9.17, 15) is 10.1 Å². The summed E-state index contributed by atoms with van der Waals surface area (Å²) in [4.78, 5) is 12.7. The topological polar surface area (TPSA) is 81.6 Å². The van der Waals surface area contributed by atoms with E-state index in [2.05, 4.69) is 6.92 Å². The first-order valence-corrected chi connectivity index (χ1v) is 6.34. The van der Waals surface area contributed by atoms with Crippen LogP contribution in [0.3, 0.4) is 0 Å². The minimum atomic E-state index is -0.366. The van der Waals surface area contributed by atoms with E-state index in [-0.39, 0.29) is 16.7 Å². The van der Waals surface area contributed by atoms with Gasteiger partial charge in [-0.15, -0.1) is 0 Å². The minimum absolute atomic E-state index is 0.0924. The third kappa shape index (κ3) is 2.78. The summed E-state index contributed by atoms with van der Waals surface area (Å²) in [7, 11) is 1.68. The van der Waals surface area contributed by atoms with Crippen molar-refractivity contribution in [2.24, 2.45) is 5.92 Å². The van der Waals surface area contributed by atoms with E-state index in [1.54, 1.807) is 19.2 Å². The molecule has 1 aromatic carbocycles. The zero-order chi connectivity index (χ0) is 14.0. The Balaban J connectivity index is 2.31. The van der Waals surface area contributed by atoms with Crippen LogP contribution in [0.5, 0.6) is 0 Å². The van der Waals surface area contributed by atoms with Gasteiger partial charge in [-0.3, -0.25) is 10.1 Å². The van der Waals surface area contributed by atoms with E-state index in [0.29, 0.717) is 23.8 Å². The number of nitrogens with zero attached hydrogens (tertiary/aromatic N) is 2. The van der Waals surface area contributed by atoms with Gasteiger partial charge >= 0.3 is 0 Å². The molecule has 104 valence electrons. The first-order chi connectivity index (χ1) is 9.02. The molecular formula is C13H19N3O3. The number of anilines is 2. The molecule has 1 heterocycles. The van der Waals surface area contributed by atoms with Crippen molar-refractivity contribution in [2.75, 3.05) is 30.8 Å². The van der Waals surface area contributed by atoms with Gasteiger partial charge in [-0.25, -0.2) is 0 Å². The van der Waals surface area contributed by atoms with Gasteiger partial charge < -0.3 is 15.4 Å². The molecule has 0 radical (unpaired) electrons. The second-order valence-corrected chi connectivity index (χ2v) is 4.99. The van der Waals surface area contributed by atoms with E-state index in [0.717, 1.165) is 13.0 Å². The SMILES string of the molecule is CO[C@@H]1CN(c2cc(N)ccc2[N+](=O)[O-])CC[C@@H]1C. The number of methoxy groups -OCH3 is 1. The monoisotopic (exact) mass is 265 g/mol. The van der Waals surface area contributed by atoms with Crippen molar-refractivity contribution in [2.45, 2.75) is 19.4 Å². The van der Waals surface area contributed by atoms with Gasteiger partial charge in [0.2, 0.25) is 0 Å². The molecule has 2 N–H and O–H groups in total. The molecule has 0 unspecified atom stereocenters.